The first-order valence-corrected chi connectivity index (χ1v) is 5.50. The molecule has 0 heterocycles. The number of carboxylic acids is 1. The van der Waals surface area contributed by atoms with Gasteiger partial charge in [-0.25, -0.2) is 9.18 Å². The highest BCUT2D eigenvalue weighted by Gasteiger charge is 2.20. The van der Waals surface area contributed by atoms with E-state index in [4.69, 9.17) is 5.11 Å². The van der Waals surface area contributed by atoms with Crippen LogP contribution in [0.15, 0.2) is 18.2 Å². The fraction of sp³-hybridized carbons (Fsp3) is 0.417. The summed E-state index contributed by atoms with van der Waals surface area (Å²) in [7, 11) is 1.70. The van der Waals surface area contributed by atoms with E-state index in [2.05, 4.69) is 5.32 Å². The van der Waals surface area contributed by atoms with Gasteiger partial charge in [0.25, 0.3) is 0 Å². The Morgan fingerprint density at radius 2 is 2.06 bits per heavy atom. The zero-order chi connectivity index (χ0) is 13.7. The van der Waals surface area contributed by atoms with Crippen LogP contribution in [0.1, 0.15) is 28.4 Å². The third kappa shape index (κ3) is 3.76. The number of benzene rings is 1. The molecular weight excluding hydrogens is 241 g/mol. The maximum atomic E-state index is 13.2. The van der Waals surface area contributed by atoms with Crippen molar-refractivity contribution in [2.75, 3.05) is 13.6 Å². The lowest BCUT2D eigenvalue weighted by molar-refractivity contribution is 0.0138. The SMILES string of the molecule is CNCCC(O)C(O)c1cc(F)cc(C(=O)O)c1. The molecule has 0 spiro atoms. The molecule has 100 valence electrons. The molecule has 0 aliphatic rings. The number of hydrogen-bond donors (Lipinski definition) is 4. The molecule has 0 bridgehead atoms. The molecule has 0 aromatic heterocycles. The molecule has 0 aliphatic carbocycles. The van der Waals surface area contributed by atoms with Gasteiger partial charge in [-0.3, -0.25) is 0 Å². The first kappa shape index (κ1) is 14.6. The molecule has 1 rings (SSSR count). The monoisotopic (exact) mass is 257 g/mol. The van der Waals surface area contributed by atoms with E-state index >= 15 is 0 Å². The van der Waals surface area contributed by atoms with Crippen molar-refractivity contribution in [3.63, 3.8) is 0 Å². The molecule has 1 aromatic rings. The van der Waals surface area contributed by atoms with E-state index in [1.807, 2.05) is 0 Å². The van der Waals surface area contributed by atoms with E-state index in [9.17, 15) is 19.4 Å². The number of aromatic carboxylic acids is 1. The molecule has 18 heavy (non-hydrogen) atoms. The predicted octanol–water partition coefficient (Wildman–Crippen LogP) is 0.528. The Morgan fingerprint density at radius 3 is 2.61 bits per heavy atom. The van der Waals surface area contributed by atoms with E-state index in [0.29, 0.717) is 6.54 Å². The van der Waals surface area contributed by atoms with Crippen LogP contribution in [0.25, 0.3) is 0 Å². The Balaban J connectivity index is 2.91. The Labute approximate surface area is 104 Å². The average Bonchev–Trinajstić information content (AvgIpc) is 2.34. The van der Waals surface area contributed by atoms with Crippen molar-refractivity contribution in [2.45, 2.75) is 18.6 Å². The summed E-state index contributed by atoms with van der Waals surface area (Å²) in [6, 6.07) is 3.02. The molecule has 1 aromatic carbocycles. The molecule has 0 aliphatic heterocycles. The first-order valence-electron chi connectivity index (χ1n) is 5.50. The van der Waals surface area contributed by atoms with Gasteiger partial charge in [0.2, 0.25) is 0 Å². The van der Waals surface area contributed by atoms with Gasteiger partial charge in [-0.05, 0) is 43.8 Å². The van der Waals surface area contributed by atoms with E-state index in [1.54, 1.807) is 7.05 Å². The normalized spacial score (nSPS) is 14.2. The van der Waals surface area contributed by atoms with Crippen LogP contribution >= 0.6 is 0 Å². The van der Waals surface area contributed by atoms with E-state index < -0.39 is 24.0 Å². The van der Waals surface area contributed by atoms with Crippen molar-refractivity contribution in [2.24, 2.45) is 0 Å². The lowest BCUT2D eigenvalue weighted by Crippen LogP contribution is -2.23. The fourth-order valence-electron chi connectivity index (χ4n) is 1.58. The van der Waals surface area contributed by atoms with Crippen molar-refractivity contribution in [1.29, 1.82) is 0 Å². The van der Waals surface area contributed by atoms with Crippen molar-refractivity contribution in [1.82, 2.24) is 5.32 Å². The van der Waals surface area contributed by atoms with Crippen LogP contribution in [0.3, 0.4) is 0 Å². The van der Waals surface area contributed by atoms with Gasteiger partial charge in [0.1, 0.15) is 11.9 Å². The summed E-state index contributed by atoms with van der Waals surface area (Å²) in [5, 5.41) is 31.1. The third-order valence-electron chi connectivity index (χ3n) is 2.56. The van der Waals surface area contributed by atoms with Crippen molar-refractivity contribution in [3.05, 3.63) is 35.1 Å². The van der Waals surface area contributed by atoms with Crippen molar-refractivity contribution >= 4 is 5.97 Å². The minimum Gasteiger partial charge on any atom is -0.478 e. The Hall–Kier alpha value is -1.50. The van der Waals surface area contributed by atoms with Gasteiger partial charge in [-0.2, -0.15) is 0 Å². The molecule has 0 radical (unpaired) electrons. The summed E-state index contributed by atoms with van der Waals surface area (Å²) >= 11 is 0. The van der Waals surface area contributed by atoms with Crippen LogP contribution in [0.2, 0.25) is 0 Å². The lowest BCUT2D eigenvalue weighted by Gasteiger charge is -2.18. The molecule has 0 fully saturated rings. The largest absolute Gasteiger partial charge is 0.478 e. The maximum Gasteiger partial charge on any atom is 0.335 e. The predicted molar refractivity (Wildman–Crippen MR) is 62.9 cm³/mol. The highest BCUT2D eigenvalue weighted by atomic mass is 19.1. The molecule has 2 atom stereocenters. The zero-order valence-corrected chi connectivity index (χ0v) is 9.93. The average molecular weight is 257 g/mol. The van der Waals surface area contributed by atoms with Gasteiger partial charge in [0.15, 0.2) is 0 Å². The molecule has 0 amide bonds. The number of aliphatic hydroxyl groups is 2. The number of rotatable bonds is 6. The van der Waals surface area contributed by atoms with Crippen molar-refractivity contribution < 1.29 is 24.5 Å². The highest BCUT2D eigenvalue weighted by Crippen LogP contribution is 2.21. The lowest BCUT2D eigenvalue weighted by atomic mass is 10.00. The smallest absolute Gasteiger partial charge is 0.335 e. The number of carbonyl (C=O) groups is 1. The van der Waals surface area contributed by atoms with Crippen LogP contribution in [0.4, 0.5) is 4.39 Å². The van der Waals surface area contributed by atoms with E-state index in [1.165, 1.54) is 0 Å². The van der Waals surface area contributed by atoms with Crippen LogP contribution < -0.4 is 5.32 Å². The van der Waals surface area contributed by atoms with Gasteiger partial charge >= 0.3 is 5.97 Å². The summed E-state index contributed by atoms with van der Waals surface area (Å²) in [6.07, 6.45) is -2.12. The van der Waals surface area contributed by atoms with Gasteiger partial charge in [-0.15, -0.1) is 0 Å². The number of halogens is 1. The quantitative estimate of drug-likeness (QED) is 0.597. The Morgan fingerprint density at radius 1 is 1.39 bits per heavy atom. The van der Waals surface area contributed by atoms with Crippen LogP contribution in [-0.2, 0) is 0 Å². The second kappa shape index (κ2) is 6.44. The standard InChI is InChI=1S/C12H16FNO4/c1-14-3-2-10(15)11(16)7-4-8(12(17)18)6-9(13)5-7/h4-6,10-11,14-16H,2-3H2,1H3,(H,17,18). The second-order valence-corrected chi connectivity index (χ2v) is 3.98. The second-order valence-electron chi connectivity index (χ2n) is 3.98. The van der Waals surface area contributed by atoms with E-state index in [-0.39, 0.29) is 17.5 Å². The number of carboxylic acid groups (broad SMARTS) is 1. The summed E-state index contributed by atoms with van der Waals surface area (Å²) in [5.74, 6) is -2.04. The molecule has 0 saturated carbocycles. The van der Waals surface area contributed by atoms with Crippen LogP contribution in [-0.4, -0.2) is 41.0 Å². The summed E-state index contributed by atoms with van der Waals surface area (Å²) in [6.45, 7) is 0.485. The molecule has 0 saturated heterocycles. The molecule has 4 N–H and O–H groups in total. The number of nitrogens with one attached hydrogen (secondary N) is 1. The summed E-state index contributed by atoms with van der Waals surface area (Å²) in [5.41, 5.74) is -0.208. The van der Waals surface area contributed by atoms with Crippen LogP contribution in [0.5, 0.6) is 0 Å². The topological polar surface area (TPSA) is 89.8 Å². The minimum absolute atomic E-state index is 0.0519. The number of hydrogen-bond acceptors (Lipinski definition) is 4. The Kier molecular flexibility index (Phi) is 5.21. The first-order chi connectivity index (χ1) is 8.45. The zero-order valence-electron chi connectivity index (χ0n) is 9.93. The molecule has 5 nitrogen and oxygen atoms in total. The maximum absolute atomic E-state index is 13.2. The molecule has 6 heteroatoms. The fourth-order valence-corrected chi connectivity index (χ4v) is 1.58. The van der Waals surface area contributed by atoms with Crippen LogP contribution in [0, 0.1) is 5.82 Å². The van der Waals surface area contributed by atoms with Gasteiger partial charge in [0.05, 0.1) is 11.7 Å². The van der Waals surface area contributed by atoms with E-state index in [0.717, 1.165) is 18.2 Å². The minimum atomic E-state index is -1.31. The van der Waals surface area contributed by atoms with Gasteiger partial charge in [0, 0.05) is 0 Å². The van der Waals surface area contributed by atoms with Gasteiger partial charge in [-0.1, -0.05) is 0 Å². The number of aliphatic hydroxyl groups excluding tert-OH is 2. The molecule has 2 unspecified atom stereocenters. The third-order valence-corrected chi connectivity index (χ3v) is 2.56. The highest BCUT2D eigenvalue weighted by molar-refractivity contribution is 5.87. The summed E-state index contributed by atoms with van der Waals surface area (Å²) in [4.78, 5) is 10.7. The molecular formula is C12H16FNO4. The van der Waals surface area contributed by atoms with Crippen molar-refractivity contribution in [3.8, 4) is 0 Å². The Bertz CT molecular complexity index is 425. The summed E-state index contributed by atoms with van der Waals surface area (Å²) < 4.78 is 13.2. The van der Waals surface area contributed by atoms with Gasteiger partial charge < -0.3 is 20.6 Å².